The Morgan fingerprint density at radius 3 is 2.65 bits per heavy atom. The van der Waals surface area contributed by atoms with E-state index >= 15 is 0 Å². The number of halogens is 1. The normalized spacial score (nSPS) is 12.2. The van der Waals surface area contributed by atoms with Gasteiger partial charge in [0.05, 0.1) is 24.0 Å². The fourth-order valence-electron chi connectivity index (χ4n) is 3.49. The number of hydrogen-bond acceptors (Lipinski definition) is 4. The van der Waals surface area contributed by atoms with Crippen LogP contribution in [0.2, 0.25) is 0 Å². The van der Waals surface area contributed by atoms with Crippen molar-refractivity contribution in [2.75, 3.05) is 5.75 Å². The van der Waals surface area contributed by atoms with E-state index in [0.717, 1.165) is 37.2 Å². The minimum atomic E-state index is -1.29. The maximum Gasteiger partial charge on any atom is 0.338 e. The van der Waals surface area contributed by atoms with Gasteiger partial charge in [0.25, 0.3) is 0 Å². The van der Waals surface area contributed by atoms with Crippen molar-refractivity contribution in [2.24, 2.45) is 11.8 Å². The lowest BCUT2D eigenvalue weighted by Gasteiger charge is -2.18. The molecule has 0 bridgehead atoms. The van der Waals surface area contributed by atoms with E-state index in [0.29, 0.717) is 30.3 Å². The van der Waals surface area contributed by atoms with Gasteiger partial charge in [-0.25, -0.2) is 14.2 Å². The number of amides is 1. The van der Waals surface area contributed by atoms with E-state index < -0.39 is 11.8 Å². The van der Waals surface area contributed by atoms with Gasteiger partial charge in [0, 0.05) is 24.6 Å². The minimum absolute atomic E-state index is 0.0385. The number of carbonyl (C=O) groups is 2. The van der Waals surface area contributed by atoms with Crippen molar-refractivity contribution in [3.05, 3.63) is 52.9 Å². The third-order valence-corrected chi connectivity index (χ3v) is 5.61. The maximum absolute atomic E-state index is 14.1. The molecule has 0 aliphatic rings. The summed E-state index contributed by atoms with van der Waals surface area (Å²) in [5.41, 5.74) is 1.11. The van der Waals surface area contributed by atoms with Crippen LogP contribution in [0, 0.1) is 17.7 Å². The van der Waals surface area contributed by atoms with Crippen LogP contribution in [0.25, 0.3) is 0 Å². The van der Waals surface area contributed by atoms with Crippen LogP contribution in [0.4, 0.5) is 4.39 Å². The molecule has 31 heavy (non-hydrogen) atoms. The maximum atomic E-state index is 14.1. The first-order valence-corrected chi connectivity index (χ1v) is 11.3. The van der Waals surface area contributed by atoms with E-state index in [2.05, 4.69) is 43.7 Å². The number of aryl methyl sites for hydroxylation is 1. The molecular weight excluding hydrogens is 417 g/mol. The average molecular weight is 450 g/mol. The number of imidazole rings is 1. The zero-order valence-electron chi connectivity index (χ0n) is 18.4. The van der Waals surface area contributed by atoms with Crippen LogP contribution in [0.1, 0.15) is 67.5 Å². The van der Waals surface area contributed by atoms with Gasteiger partial charge >= 0.3 is 5.97 Å². The van der Waals surface area contributed by atoms with Crippen molar-refractivity contribution in [3.63, 3.8) is 0 Å². The van der Waals surface area contributed by atoms with Gasteiger partial charge in [0.1, 0.15) is 11.6 Å². The van der Waals surface area contributed by atoms with Crippen molar-refractivity contribution in [1.82, 2.24) is 14.9 Å². The Kier molecular flexibility index (Phi) is 9.55. The van der Waals surface area contributed by atoms with E-state index in [1.165, 1.54) is 12.1 Å². The molecule has 1 atom stereocenters. The van der Waals surface area contributed by atoms with Gasteiger partial charge in [-0.3, -0.25) is 4.79 Å². The molecule has 0 unspecified atom stereocenters. The molecule has 0 aliphatic carbocycles. The molecule has 0 aliphatic heterocycles. The van der Waals surface area contributed by atoms with Crippen molar-refractivity contribution in [1.29, 1.82) is 0 Å². The van der Waals surface area contributed by atoms with Crippen LogP contribution in [0.15, 0.2) is 24.4 Å². The number of aromatic carboxylic acids is 1. The second-order valence-corrected chi connectivity index (χ2v) is 8.57. The summed E-state index contributed by atoms with van der Waals surface area (Å²) in [5.74, 6) is -0.501. The molecule has 2 aromatic rings. The first-order chi connectivity index (χ1) is 14.8. The molecule has 6 nitrogen and oxygen atoms in total. The molecule has 2 N–H and O–H groups in total. The Hall–Kier alpha value is -2.35. The number of unbranched alkanes of at least 4 members (excludes halogenated alkanes) is 1. The molecule has 170 valence electrons. The number of hydrogen-bond donors (Lipinski definition) is 3. The fraction of sp³-hybridized carbons (Fsp3) is 0.522. The number of benzene rings is 1. The summed E-state index contributed by atoms with van der Waals surface area (Å²) in [5, 5.41) is 12.0. The number of nitrogens with zero attached hydrogens (tertiary/aromatic N) is 2. The number of thiol groups is 1. The molecule has 1 amide bonds. The third-order valence-electron chi connectivity index (χ3n) is 5.17. The van der Waals surface area contributed by atoms with Crippen molar-refractivity contribution < 1.29 is 19.1 Å². The molecule has 0 radical (unpaired) electrons. The van der Waals surface area contributed by atoms with E-state index in [1.54, 1.807) is 12.3 Å². The lowest BCUT2D eigenvalue weighted by Crippen LogP contribution is -2.32. The molecular formula is C23H32FN3O3S. The smallest absolute Gasteiger partial charge is 0.338 e. The van der Waals surface area contributed by atoms with Crippen molar-refractivity contribution in [3.8, 4) is 0 Å². The topological polar surface area (TPSA) is 84.2 Å². The summed E-state index contributed by atoms with van der Waals surface area (Å²) in [6, 6.07) is 4.13. The number of rotatable bonds is 12. The van der Waals surface area contributed by atoms with Crippen LogP contribution in [0.5, 0.6) is 0 Å². The molecule has 1 aromatic heterocycles. The Morgan fingerprint density at radius 2 is 2.06 bits per heavy atom. The molecule has 0 saturated carbocycles. The van der Waals surface area contributed by atoms with Crippen LogP contribution in [-0.2, 0) is 24.3 Å². The lowest BCUT2D eigenvalue weighted by molar-refractivity contribution is -0.124. The van der Waals surface area contributed by atoms with Gasteiger partial charge in [-0.1, -0.05) is 33.3 Å². The molecule has 0 saturated heterocycles. The summed E-state index contributed by atoms with van der Waals surface area (Å²) in [7, 11) is 0. The van der Waals surface area contributed by atoms with Gasteiger partial charge in [0.2, 0.25) is 5.91 Å². The Labute approximate surface area is 188 Å². The zero-order chi connectivity index (χ0) is 23.0. The highest BCUT2D eigenvalue weighted by atomic mass is 32.1. The Balaban J connectivity index is 2.21. The highest BCUT2D eigenvalue weighted by Gasteiger charge is 2.19. The highest BCUT2D eigenvalue weighted by molar-refractivity contribution is 7.80. The number of nitrogens with one attached hydrogen (secondary N) is 1. The van der Waals surface area contributed by atoms with Crippen LogP contribution < -0.4 is 5.32 Å². The van der Waals surface area contributed by atoms with Gasteiger partial charge in [-0.2, -0.15) is 12.6 Å². The SMILES string of the molecule is CCCCc1ncc(CNC(=O)[C@@H](CS)CC(C)C)n1Cc1ccc(C(=O)O)c(F)c1. The number of aromatic nitrogens is 2. The summed E-state index contributed by atoms with van der Waals surface area (Å²) < 4.78 is 16.1. The molecule has 1 aromatic carbocycles. The largest absolute Gasteiger partial charge is 0.478 e. The second-order valence-electron chi connectivity index (χ2n) is 8.20. The minimum Gasteiger partial charge on any atom is -0.478 e. The number of carbonyl (C=O) groups excluding carboxylic acids is 1. The fourth-order valence-corrected chi connectivity index (χ4v) is 3.81. The Morgan fingerprint density at radius 1 is 1.32 bits per heavy atom. The van der Waals surface area contributed by atoms with Crippen LogP contribution in [-0.4, -0.2) is 32.3 Å². The van der Waals surface area contributed by atoms with Crippen molar-refractivity contribution in [2.45, 2.75) is 59.5 Å². The van der Waals surface area contributed by atoms with E-state index in [4.69, 9.17) is 5.11 Å². The summed E-state index contributed by atoms with van der Waals surface area (Å²) in [6.07, 6.45) is 5.26. The summed E-state index contributed by atoms with van der Waals surface area (Å²) >= 11 is 4.32. The predicted molar refractivity (Wildman–Crippen MR) is 122 cm³/mol. The van der Waals surface area contributed by atoms with Crippen LogP contribution in [0.3, 0.4) is 0 Å². The third kappa shape index (κ3) is 7.09. The average Bonchev–Trinajstić information content (AvgIpc) is 3.09. The first-order valence-electron chi connectivity index (χ1n) is 10.7. The number of carboxylic acids is 1. The summed E-state index contributed by atoms with van der Waals surface area (Å²) in [4.78, 5) is 28.2. The van der Waals surface area contributed by atoms with Crippen LogP contribution >= 0.6 is 12.6 Å². The molecule has 0 fully saturated rings. The molecule has 0 spiro atoms. The quantitative estimate of drug-likeness (QED) is 0.422. The first kappa shape index (κ1) is 24.9. The molecule has 1 heterocycles. The predicted octanol–water partition coefficient (Wildman–Crippen LogP) is 4.32. The standard InChI is InChI=1S/C23H32FN3O3S/c1-4-5-6-21-25-11-18(12-26-22(28)17(14-31)9-15(2)3)27(21)13-16-7-8-19(23(29)30)20(24)10-16/h7-8,10-11,15,17,31H,4-6,9,12-14H2,1-3H3,(H,26,28)(H,29,30)/t17-/m1/s1. The van der Waals surface area contributed by atoms with Gasteiger partial charge in [-0.05, 0) is 36.5 Å². The second kappa shape index (κ2) is 11.9. The monoisotopic (exact) mass is 449 g/mol. The highest BCUT2D eigenvalue weighted by Crippen LogP contribution is 2.17. The molecule has 8 heteroatoms. The molecule has 2 rings (SSSR count). The zero-order valence-corrected chi connectivity index (χ0v) is 19.3. The number of carboxylic acid groups (broad SMARTS) is 1. The van der Waals surface area contributed by atoms with Gasteiger partial charge in [0.15, 0.2) is 0 Å². The van der Waals surface area contributed by atoms with Gasteiger partial charge < -0.3 is 15.0 Å². The van der Waals surface area contributed by atoms with Gasteiger partial charge in [-0.15, -0.1) is 0 Å². The van der Waals surface area contributed by atoms with E-state index in [-0.39, 0.29) is 17.4 Å². The van der Waals surface area contributed by atoms with Crippen molar-refractivity contribution >= 4 is 24.5 Å². The van der Waals surface area contributed by atoms with E-state index in [1.807, 2.05) is 4.57 Å². The Bertz CT molecular complexity index is 898. The van der Waals surface area contributed by atoms with E-state index in [9.17, 15) is 14.0 Å². The lowest BCUT2D eigenvalue weighted by atomic mass is 9.98. The summed E-state index contributed by atoms with van der Waals surface area (Å²) in [6.45, 7) is 6.92.